The van der Waals surface area contributed by atoms with Crippen molar-refractivity contribution in [2.45, 2.75) is 40.3 Å². The number of carbonyl (C=O) groups excluding carboxylic acids is 1. The molecule has 6 nitrogen and oxygen atoms in total. The molecule has 162 valence electrons. The van der Waals surface area contributed by atoms with Crippen molar-refractivity contribution >= 4 is 40.8 Å². The van der Waals surface area contributed by atoms with Crippen LogP contribution in [0.4, 0.5) is 5.69 Å². The Hall–Kier alpha value is -2.83. The lowest BCUT2D eigenvalue weighted by Crippen LogP contribution is -2.36. The van der Waals surface area contributed by atoms with Gasteiger partial charge in [-0.05, 0) is 56.2 Å². The van der Waals surface area contributed by atoms with Gasteiger partial charge in [0.05, 0.1) is 12.2 Å². The van der Waals surface area contributed by atoms with Crippen molar-refractivity contribution in [2.24, 2.45) is 4.99 Å². The van der Waals surface area contributed by atoms with Gasteiger partial charge in [-0.3, -0.25) is 14.8 Å². The first-order valence-corrected chi connectivity index (χ1v) is 10.8. The minimum atomic E-state index is -0.313. The molecule has 0 spiro atoms. The Morgan fingerprint density at radius 1 is 1.16 bits per heavy atom. The van der Waals surface area contributed by atoms with E-state index in [1.807, 2.05) is 42.9 Å². The SMILES string of the molecule is CCCn1cc(CN=C(NC(=O)c2cccc(Cl)c2)Nc2cccc(Cl)c2C)c(C)n1. The maximum absolute atomic E-state index is 12.8. The maximum atomic E-state index is 12.8. The first kappa shape index (κ1) is 22.8. The van der Waals surface area contributed by atoms with E-state index in [-0.39, 0.29) is 5.91 Å². The number of halogens is 2. The van der Waals surface area contributed by atoms with Crippen LogP contribution < -0.4 is 10.6 Å². The third kappa shape index (κ3) is 6.09. The summed E-state index contributed by atoms with van der Waals surface area (Å²) >= 11 is 12.3. The number of aryl methyl sites for hydroxylation is 2. The standard InChI is InChI=1S/C23H25Cl2N5O/c1-4-11-30-14-18(16(3)29-30)13-26-23(27-21-10-6-9-20(25)15(21)2)28-22(31)17-7-5-8-19(24)12-17/h5-10,12,14H,4,11,13H2,1-3H3,(H2,26,27,28,31). The van der Waals surface area contributed by atoms with Gasteiger partial charge in [0, 0.05) is 39.6 Å². The van der Waals surface area contributed by atoms with Gasteiger partial charge < -0.3 is 5.32 Å². The van der Waals surface area contributed by atoms with Crippen LogP contribution in [0, 0.1) is 13.8 Å². The predicted molar refractivity (Wildman–Crippen MR) is 127 cm³/mol. The molecule has 0 unspecified atom stereocenters. The smallest absolute Gasteiger partial charge is 0.258 e. The Labute approximate surface area is 192 Å². The molecule has 8 heteroatoms. The number of guanidine groups is 1. The molecule has 0 saturated carbocycles. The first-order chi connectivity index (χ1) is 14.9. The number of carbonyl (C=O) groups is 1. The van der Waals surface area contributed by atoms with Crippen LogP contribution in [0.2, 0.25) is 10.0 Å². The zero-order chi connectivity index (χ0) is 22.4. The number of benzene rings is 2. The zero-order valence-electron chi connectivity index (χ0n) is 17.7. The van der Waals surface area contributed by atoms with Crippen LogP contribution in [0.25, 0.3) is 0 Å². The first-order valence-electron chi connectivity index (χ1n) is 10.0. The van der Waals surface area contributed by atoms with E-state index in [1.54, 1.807) is 24.3 Å². The summed E-state index contributed by atoms with van der Waals surface area (Å²) in [6.45, 7) is 7.18. The predicted octanol–water partition coefficient (Wildman–Crippen LogP) is 5.61. The molecule has 0 fully saturated rings. The Morgan fingerprint density at radius 2 is 1.94 bits per heavy atom. The second-order valence-electron chi connectivity index (χ2n) is 7.17. The number of hydrogen-bond acceptors (Lipinski definition) is 3. The summed E-state index contributed by atoms with van der Waals surface area (Å²) in [5, 5.41) is 11.7. The van der Waals surface area contributed by atoms with Crippen LogP contribution >= 0.6 is 23.2 Å². The molecule has 0 aliphatic carbocycles. The molecule has 3 rings (SSSR count). The van der Waals surface area contributed by atoms with Gasteiger partial charge >= 0.3 is 0 Å². The summed E-state index contributed by atoms with van der Waals surface area (Å²) in [6.07, 6.45) is 2.99. The molecule has 2 N–H and O–H groups in total. The molecule has 0 aliphatic heterocycles. The molecular weight excluding hydrogens is 433 g/mol. The van der Waals surface area contributed by atoms with Gasteiger partial charge in [-0.25, -0.2) is 4.99 Å². The van der Waals surface area contributed by atoms with Crippen LogP contribution in [0.1, 0.15) is 40.5 Å². The van der Waals surface area contributed by atoms with Crippen molar-refractivity contribution in [2.75, 3.05) is 5.32 Å². The van der Waals surface area contributed by atoms with Crippen molar-refractivity contribution in [3.8, 4) is 0 Å². The number of rotatable bonds is 6. The summed E-state index contributed by atoms with van der Waals surface area (Å²) in [4.78, 5) is 17.4. The van der Waals surface area contributed by atoms with E-state index < -0.39 is 0 Å². The number of nitrogens with one attached hydrogen (secondary N) is 2. The Morgan fingerprint density at radius 3 is 2.68 bits per heavy atom. The van der Waals surface area contributed by atoms with Gasteiger partial charge in [-0.15, -0.1) is 0 Å². The molecule has 0 atom stereocenters. The van der Waals surface area contributed by atoms with Crippen molar-refractivity contribution < 1.29 is 4.79 Å². The highest BCUT2D eigenvalue weighted by atomic mass is 35.5. The zero-order valence-corrected chi connectivity index (χ0v) is 19.3. The highest BCUT2D eigenvalue weighted by Gasteiger charge is 2.12. The highest BCUT2D eigenvalue weighted by molar-refractivity contribution is 6.32. The van der Waals surface area contributed by atoms with Gasteiger partial charge in [-0.1, -0.05) is 42.3 Å². The van der Waals surface area contributed by atoms with Crippen LogP contribution in [0.3, 0.4) is 0 Å². The second-order valence-corrected chi connectivity index (χ2v) is 8.01. The second kappa shape index (κ2) is 10.5. The topological polar surface area (TPSA) is 71.3 Å². The van der Waals surface area contributed by atoms with Crippen LogP contribution in [-0.2, 0) is 13.1 Å². The minimum absolute atomic E-state index is 0.313. The molecule has 0 aliphatic rings. The number of amides is 1. The van der Waals surface area contributed by atoms with E-state index in [0.29, 0.717) is 28.1 Å². The van der Waals surface area contributed by atoms with Crippen LogP contribution in [0.5, 0.6) is 0 Å². The Bertz CT molecular complexity index is 1110. The number of nitrogens with zero attached hydrogens (tertiary/aromatic N) is 3. The number of hydrogen-bond donors (Lipinski definition) is 2. The van der Waals surface area contributed by atoms with Crippen LogP contribution in [0.15, 0.2) is 53.7 Å². The van der Waals surface area contributed by atoms with Gasteiger partial charge in [0.15, 0.2) is 0 Å². The van der Waals surface area contributed by atoms with Gasteiger partial charge in [0.2, 0.25) is 5.96 Å². The van der Waals surface area contributed by atoms with E-state index in [2.05, 4.69) is 27.6 Å². The lowest BCUT2D eigenvalue weighted by molar-refractivity contribution is 0.0977. The molecule has 1 aromatic heterocycles. The summed E-state index contributed by atoms with van der Waals surface area (Å²) < 4.78 is 1.92. The summed E-state index contributed by atoms with van der Waals surface area (Å²) in [6, 6.07) is 12.3. The van der Waals surface area contributed by atoms with Crippen molar-refractivity contribution in [3.05, 3.63) is 81.1 Å². The van der Waals surface area contributed by atoms with Crippen LogP contribution in [-0.4, -0.2) is 21.6 Å². The molecule has 1 heterocycles. The quantitative estimate of drug-likeness (QED) is 0.372. The molecule has 0 radical (unpaired) electrons. The maximum Gasteiger partial charge on any atom is 0.258 e. The van der Waals surface area contributed by atoms with Gasteiger partial charge in [0.1, 0.15) is 0 Å². The van der Waals surface area contributed by atoms with E-state index in [9.17, 15) is 4.79 Å². The fraction of sp³-hybridized carbons (Fsp3) is 0.261. The third-order valence-electron chi connectivity index (χ3n) is 4.75. The lowest BCUT2D eigenvalue weighted by Gasteiger charge is -2.14. The summed E-state index contributed by atoms with van der Waals surface area (Å²) in [5.74, 6) is 0.00446. The van der Waals surface area contributed by atoms with E-state index in [4.69, 9.17) is 23.2 Å². The fourth-order valence-electron chi connectivity index (χ4n) is 3.01. The van der Waals surface area contributed by atoms with E-state index in [1.165, 1.54) is 0 Å². The average Bonchev–Trinajstić information content (AvgIpc) is 3.09. The summed E-state index contributed by atoms with van der Waals surface area (Å²) in [7, 11) is 0. The number of aromatic nitrogens is 2. The van der Waals surface area contributed by atoms with Crippen molar-refractivity contribution in [3.63, 3.8) is 0 Å². The molecule has 3 aromatic rings. The summed E-state index contributed by atoms with van der Waals surface area (Å²) in [5.41, 5.74) is 3.97. The number of aliphatic imine (C=N–C) groups is 1. The number of anilines is 1. The third-order valence-corrected chi connectivity index (χ3v) is 5.39. The molecular formula is C23H25Cl2N5O. The molecule has 31 heavy (non-hydrogen) atoms. The normalized spacial score (nSPS) is 11.5. The Balaban J connectivity index is 1.86. The molecule has 0 saturated heterocycles. The monoisotopic (exact) mass is 457 g/mol. The molecule has 1 amide bonds. The minimum Gasteiger partial charge on any atom is -0.326 e. The van der Waals surface area contributed by atoms with E-state index in [0.717, 1.165) is 35.5 Å². The lowest BCUT2D eigenvalue weighted by atomic mass is 10.2. The van der Waals surface area contributed by atoms with E-state index >= 15 is 0 Å². The van der Waals surface area contributed by atoms with Gasteiger partial charge in [-0.2, -0.15) is 5.10 Å². The molecule has 2 aromatic carbocycles. The average molecular weight is 458 g/mol. The van der Waals surface area contributed by atoms with Crippen molar-refractivity contribution in [1.82, 2.24) is 15.1 Å². The molecule has 0 bridgehead atoms. The van der Waals surface area contributed by atoms with Crippen molar-refractivity contribution in [1.29, 1.82) is 0 Å². The Kier molecular flexibility index (Phi) is 7.71. The fourth-order valence-corrected chi connectivity index (χ4v) is 3.38. The highest BCUT2D eigenvalue weighted by Crippen LogP contribution is 2.23. The van der Waals surface area contributed by atoms with Gasteiger partial charge in [0.25, 0.3) is 5.91 Å². The largest absolute Gasteiger partial charge is 0.326 e.